The number of aromatic nitrogens is 2. The first-order valence-corrected chi connectivity index (χ1v) is 8.98. The van der Waals surface area contributed by atoms with Crippen LogP contribution < -0.4 is 10.1 Å². The summed E-state index contributed by atoms with van der Waals surface area (Å²) in [6, 6.07) is 20.2. The first-order valence-electron chi connectivity index (χ1n) is 8.10. The Labute approximate surface area is 150 Å². The molecule has 0 bridgehead atoms. The number of thiophene rings is 1. The molecule has 0 aliphatic carbocycles. The van der Waals surface area contributed by atoms with Gasteiger partial charge in [0.1, 0.15) is 24.5 Å². The molecule has 0 amide bonds. The summed E-state index contributed by atoms with van der Waals surface area (Å²) in [6.07, 6.45) is 1.60. The van der Waals surface area contributed by atoms with Gasteiger partial charge >= 0.3 is 0 Å². The predicted octanol–water partition coefficient (Wildman–Crippen LogP) is 4.85. The van der Waals surface area contributed by atoms with Crippen LogP contribution in [0.4, 0.5) is 5.82 Å². The van der Waals surface area contributed by atoms with E-state index in [9.17, 15) is 0 Å². The summed E-state index contributed by atoms with van der Waals surface area (Å²) in [5.74, 6) is 1.68. The fraction of sp³-hybridized carbons (Fsp3) is 0.100. The summed E-state index contributed by atoms with van der Waals surface area (Å²) in [5.41, 5.74) is 2.07. The van der Waals surface area contributed by atoms with E-state index in [1.165, 1.54) is 10.1 Å². The summed E-state index contributed by atoms with van der Waals surface area (Å²) >= 11 is 1.73. The Morgan fingerprint density at radius 2 is 1.80 bits per heavy atom. The van der Waals surface area contributed by atoms with Crippen molar-refractivity contribution in [2.24, 2.45) is 0 Å². The number of hydrogen-bond acceptors (Lipinski definition) is 5. The molecule has 0 atom stereocenters. The molecular weight excluding hydrogens is 330 g/mol. The van der Waals surface area contributed by atoms with Crippen LogP contribution in [0.2, 0.25) is 0 Å². The van der Waals surface area contributed by atoms with E-state index in [2.05, 4.69) is 44.9 Å². The van der Waals surface area contributed by atoms with Crippen molar-refractivity contribution in [2.75, 3.05) is 18.5 Å². The number of rotatable bonds is 6. The molecule has 0 spiro atoms. The average molecular weight is 347 g/mol. The molecule has 0 aliphatic heterocycles. The fourth-order valence-electron chi connectivity index (χ4n) is 2.64. The highest BCUT2D eigenvalue weighted by Crippen LogP contribution is 2.33. The second-order valence-electron chi connectivity index (χ2n) is 5.52. The molecule has 4 nitrogen and oxygen atoms in total. The highest BCUT2D eigenvalue weighted by molar-refractivity contribution is 7.17. The number of nitrogens with zero attached hydrogens (tertiary/aromatic N) is 2. The lowest BCUT2D eigenvalue weighted by Crippen LogP contribution is -2.12. The average Bonchev–Trinajstić information content (AvgIpc) is 3.11. The standard InChI is InChI=1S/C20H17N3OS/c1-2-6-15(7-3-1)24-11-10-21-20-12-18(22-14-23-20)17-13-25-19-9-5-4-8-16(17)19/h1-9,12-14H,10-11H2,(H,21,22,23). The smallest absolute Gasteiger partial charge is 0.130 e. The van der Waals surface area contributed by atoms with Gasteiger partial charge in [0.2, 0.25) is 0 Å². The molecule has 2 aromatic carbocycles. The molecule has 0 unspecified atom stereocenters. The largest absolute Gasteiger partial charge is 0.492 e. The van der Waals surface area contributed by atoms with Gasteiger partial charge in [0.25, 0.3) is 0 Å². The Bertz CT molecular complexity index is 969. The maximum Gasteiger partial charge on any atom is 0.130 e. The number of benzene rings is 2. The summed E-state index contributed by atoms with van der Waals surface area (Å²) in [7, 11) is 0. The molecule has 4 rings (SSSR count). The van der Waals surface area contributed by atoms with Gasteiger partial charge in [0.15, 0.2) is 0 Å². The number of anilines is 1. The quantitative estimate of drug-likeness (QED) is 0.507. The molecule has 2 aromatic heterocycles. The molecule has 4 aromatic rings. The van der Waals surface area contributed by atoms with E-state index < -0.39 is 0 Å². The lowest BCUT2D eigenvalue weighted by atomic mass is 10.1. The minimum atomic E-state index is 0.574. The maximum atomic E-state index is 5.68. The van der Waals surface area contributed by atoms with Crippen molar-refractivity contribution in [1.82, 2.24) is 9.97 Å². The SMILES string of the molecule is c1ccc(OCCNc2cc(-c3csc4ccccc34)ncn2)cc1. The van der Waals surface area contributed by atoms with Crippen LogP contribution in [0.15, 0.2) is 72.4 Å². The lowest BCUT2D eigenvalue weighted by Gasteiger charge is -2.08. The molecule has 1 N–H and O–H groups in total. The van der Waals surface area contributed by atoms with Crippen LogP contribution in [-0.4, -0.2) is 23.1 Å². The van der Waals surface area contributed by atoms with Crippen molar-refractivity contribution in [1.29, 1.82) is 0 Å². The molecule has 124 valence electrons. The predicted molar refractivity (Wildman–Crippen MR) is 103 cm³/mol. The minimum absolute atomic E-state index is 0.574. The van der Waals surface area contributed by atoms with Crippen LogP contribution in [0, 0.1) is 0 Å². The molecule has 25 heavy (non-hydrogen) atoms. The Kier molecular flexibility index (Phi) is 4.57. The maximum absolute atomic E-state index is 5.68. The Morgan fingerprint density at radius 3 is 2.72 bits per heavy atom. The van der Waals surface area contributed by atoms with E-state index >= 15 is 0 Å². The molecule has 0 saturated carbocycles. The number of ether oxygens (including phenoxy) is 1. The van der Waals surface area contributed by atoms with Crippen LogP contribution in [-0.2, 0) is 0 Å². The van der Waals surface area contributed by atoms with Crippen LogP contribution in [0.1, 0.15) is 0 Å². The summed E-state index contributed by atoms with van der Waals surface area (Å²) in [6.45, 7) is 1.25. The van der Waals surface area contributed by atoms with Gasteiger partial charge in [-0.3, -0.25) is 0 Å². The summed E-state index contributed by atoms with van der Waals surface area (Å²) in [5, 5.41) is 6.67. The fourth-order valence-corrected chi connectivity index (χ4v) is 3.60. The van der Waals surface area contributed by atoms with Crippen LogP contribution in [0.5, 0.6) is 5.75 Å². The van der Waals surface area contributed by atoms with E-state index in [4.69, 9.17) is 4.74 Å². The molecule has 0 aliphatic rings. The first-order chi connectivity index (χ1) is 12.4. The zero-order valence-corrected chi connectivity index (χ0v) is 14.4. The third-order valence-corrected chi connectivity index (χ3v) is 4.81. The number of nitrogens with one attached hydrogen (secondary N) is 1. The third kappa shape index (κ3) is 3.61. The lowest BCUT2D eigenvalue weighted by molar-refractivity contribution is 0.333. The van der Waals surface area contributed by atoms with Gasteiger partial charge in [-0.15, -0.1) is 11.3 Å². The van der Waals surface area contributed by atoms with Gasteiger partial charge in [0, 0.05) is 27.1 Å². The van der Waals surface area contributed by atoms with Crippen molar-refractivity contribution in [3.8, 4) is 17.0 Å². The van der Waals surface area contributed by atoms with E-state index in [0.717, 1.165) is 22.8 Å². The number of fused-ring (bicyclic) bond motifs is 1. The first kappa shape index (κ1) is 15.6. The molecule has 0 radical (unpaired) electrons. The van der Waals surface area contributed by atoms with Crippen LogP contribution >= 0.6 is 11.3 Å². The van der Waals surface area contributed by atoms with Gasteiger partial charge < -0.3 is 10.1 Å². The highest BCUT2D eigenvalue weighted by atomic mass is 32.1. The normalized spacial score (nSPS) is 10.7. The van der Waals surface area contributed by atoms with Gasteiger partial charge in [-0.2, -0.15) is 0 Å². The van der Waals surface area contributed by atoms with Crippen molar-refractivity contribution >= 4 is 27.2 Å². The van der Waals surface area contributed by atoms with Crippen LogP contribution in [0.3, 0.4) is 0 Å². The minimum Gasteiger partial charge on any atom is -0.492 e. The van der Waals surface area contributed by atoms with Crippen molar-refractivity contribution in [3.05, 3.63) is 72.4 Å². The Hall–Kier alpha value is -2.92. The molecular formula is C20H17N3OS. The van der Waals surface area contributed by atoms with Gasteiger partial charge in [-0.05, 0) is 18.2 Å². The second kappa shape index (κ2) is 7.32. The van der Waals surface area contributed by atoms with Gasteiger partial charge in [-0.25, -0.2) is 9.97 Å². The monoisotopic (exact) mass is 347 g/mol. The molecule has 5 heteroatoms. The highest BCUT2D eigenvalue weighted by Gasteiger charge is 2.08. The zero-order valence-electron chi connectivity index (χ0n) is 13.6. The van der Waals surface area contributed by atoms with E-state index in [0.29, 0.717) is 13.2 Å². The van der Waals surface area contributed by atoms with Crippen molar-refractivity contribution in [3.63, 3.8) is 0 Å². The third-order valence-electron chi connectivity index (χ3n) is 3.84. The second-order valence-corrected chi connectivity index (χ2v) is 6.43. The molecule has 0 fully saturated rings. The Balaban J connectivity index is 1.43. The number of para-hydroxylation sites is 1. The topological polar surface area (TPSA) is 47.0 Å². The van der Waals surface area contributed by atoms with Crippen molar-refractivity contribution in [2.45, 2.75) is 0 Å². The van der Waals surface area contributed by atoms with E-state index in [1.807, 2.05) is 36.4 Å². The van der Waals surface area contributed by atoms with Gasteiger partial charge in [0.05, 0.1) is 12.2 Å². The van der Waals surface area contributed by atoms with E-state index in [1.54, 1.807) is 17.7 Å². The summed E-state index contributed by atoms with van der Waals surface area (Å²) < 4.78 is 6.95. The van der Waals surface area contributed by atoms with Gasteiger partial charge in [-0.1, -0.05) is 36.4 Å². The van der Waals surface area contributed by atoms with Crippen LogP contribution in [0.25, 0.3) is 21.3 Å². The van der Waals surface area contributed by atoms with E-state index in [-0.39, 0.29) is 0 Å². The summed E-state index contributed by atoms with van der Waals surface area (Å²) in [4.78, 5) is 8.73. The zero-order chi connectivity index (χ0) is 16.9. The number of hydrogen-bond donors (Lipinski definition) is 1. The molecule has 2 heterocycles. The Morgan fingerprint density at radius 1 is 0.960 bits per heavy atom. The molecule has 0 saturated heterocycles. The van der Waals surface area contributed by atoms with Crippen molar-refractivity contribution < 1.29 is 4.74 Å².